The highest BCUT2D eigenvalue weighted by Gasteiger charge is 2.29. The Morgan fingerprint density at radius 1 is 1.42 bits per heavy atom. The average Bonchev–Trinajstić information content (AvgIpc) is 2.85. The summed E-state index contributed by atoms with van der Waals surface area (Å²) in [5.41, 5.74) is -0.820. The molecule has 2 N–H and O–H groups in total. The minimum Gasteiger partial charge on any atom is -0.480 e. The number of unbranched alkanes of at least 4 members (excludes halogenated alkanes) is 1. The van der Waals surface area contributed by atoms with E-state index in [9.17, 15) is 4.79 Å². The topological polar surface area (TPSA) is 75.1 Å². The van der Waals surface area contributed by atoms with Crippen LogP contribution < -0.4 is 5.32 Å². The Hall–Kier alpha value is -0.310. The van der Waals surface area contributed by atoms with Crippen molar-refractivity contribution in [3.05, 3.63) is 0 Å². The summed E-state index contributed by atoms with van der Waals surface area (Å²) in [5, 5.41) is 20.1. The molecule has 108 valence electrons. The summed E-state index contributed by atoms with van der Waals surface area (Å²) in [6.45, 7) is 1.72. The van der Waals surface area contributed by atoms with Gasteiger partial charge in [-0.25, -0.2) is 0 Å². The highest BCUT2D eigenvalue weighted by molar-refractivity contribution is 8.02. The molecule has 8 heteroatoms. The average molecular weight is 321 g/mol. The van der Waals surface area contributed by atoms with Crippen LogP contribution in [-0.2, 0) is 4.79 Å². The van der Waals surface area contributed by atoms with Crippen LogP contribution in [0, 0.1) is 0 Å². The van der Waals surface area contributed by atoms with E-state index in [0.717, 1.165) is 27.3 Å². The SMILES string of the molecule is CNC(C)(CCCCSc1nnc(SC)s1)C(=O)O. The van der Waals surface area contributed by atoms with Gasteiger partial charge in [-0.1, -0.05) is 41.3 Å². The first kappa shape index (κ1) is 16.7. The molecule has 0 spiro atoms. The van der Waals surface area contributed by atoms with Gasteiger partial charge in [-0.3, -0.25) is 4.79 Å². The smallest absolute Gasteiger partial charge is 0.323 e. The molecular weight excluding hydrogens is 302 g/mol. The lowest BCUT2D eigenvalue weighted by molar-refractivity contribution is -0.144. The third-order valence-electron chi connectivity index (χ3n) is 2.88. The van der Waals surface area contributed by atoms with E-state index in [4.69, 9.17) is 5.11 Å². The normalized spacial score (nSPS) is 14.3. The summed E-state index contributed by atoms with van der Waals surface area (Å²) in [4.78, 5) is 11.1. The number of aromatic nitrogens is 2. The van der Waals surface area contributed by atoms with Crippen molar-refractivity contribution < 1.29 is 9.90 Å². The number of carbonyl (C=O) groups is 1. The van der Waals surface area contributed by atoms with E-state index in [1.54, 1.807) is 48.8 Å². The van der Waals surface area contributed by atoms with Crippen molar-refractivity contribution in [2.75, 3.05) is 19.1 Å². The predicted octanol–water partition coefficient (Wildman–Crippen LogP) is 2.59. The third kappa shape index (κ3) is 5.29. The Morgan fingerprint density at radius 2 is 2.11 bits per heavy atom. The molecule has 0 radical (unpaired) electrons. The number of hydrogen-bond donors (Lipinski definition) is 2. The van der Waals surface area contributed by atoms with Gasteiger partial charge in [0, 0.05) is 5.75 Å². The molecule has 19 heavy (non-hydrogen) atoms. The van der Waals surface area contributed by atoms with Gasteiger partial charge in [-0.05, 0) is 33.1 Å². The number of hydrogen-bond acceptors (Lipinski definition) is 7. The fourth-order valence-corrected chi connectivity index (χ4v) is 3.92. The number of nitrogens with zero attached hydrogens (tertiary/aromatic N) is 2. The van der Waals surface area contributed by atoms with Crippen LogP contribution in [0.5, 0.6) is 0 Å². The zero-order valence-electron chi connectivity index (χ0n) is 11.3. The number of carboxylic acids is 1. The van der Waals surface area contributed by atoms with Crippen LogP contribution >= 0.6 is 34.9 Å². The quantitative estimate of drug-likeness (QED) is 0.535. The summed E-state index contributed by atoms with van der Waals surface area (Å²) in [7, 11) is 1.69. The van der Waals surface area contributed by atoms with Gasteiger partial charge in [-0.2, -0.15) is 0 Å². The Bertz CT molecular complexity index is 414. The molecule has 5 nitrogen and oxygen atoms in total. The van der Waals surface area contributed by atoms with Crippen molar-refractivity contribution in [1.82, 2.24) is 15.5 Å². The van der Waals surface area contributed by atoms with Crippen LogP contribution in [0.2, 0.25) is 0 Å². The molecule has 1 aromatic heterocycles. The second kappa shape index (κ2) is 8.08. The zero-order chi connectivity index (χ0) is 14.3. The molecular formula is C11H19N3O2S3. The molecule has 0 aliphatic heterocycles. The molecule has 0 amide bonds. The van der Waals surface area contributed by atoms with Crippen LogP contribution in [0.15, 0.2) is 8.68 Å². The van der Waals surface area contributed by atoms with Gasteiger partial charge in [-0.15, -0.1) is 10.2 Å². The standard InChI is InChI=1S/C11H19N3O2S3/c1-11(12-2,8(15)16)6-4-5-7-18-10-14-13-9(17-3)19-10/h12H,4-7H2,1-3H3,(H,15,16). The molecule has 0 bridgehead atoms. The third-order valence-corrected chi connectivity index (χ3v) is 6.00. The van der Waals surface area contributed by atoms with Crippen molar-refractivity contribution in [2.24, 2.45) is 0 Å². The highest BCUT2D eigenvalue weighted by Crippen LogP contribution is 2.28. The number of thioether (sulfide) groups is 2. The molecule has 1 aromatic rings. The largest absolute Gasteiger partial charge is 0.480 e. The van der Waals surface area contributed by atoms with Crippen molar-refractivity contribution in [2.45, 2.75) is 40.4 Å². The fraction of sp³-hybridized carbons (Fsp3) is 0.727. The minimum atomic E-state index is -0.820. The molecule has 0 saturated carbocycles. The van der Waals surface area contributed by atoms with Crippen LogP contribution in [-0.4, -0.2) is 45.9 Å². The maximum absolute atomic E-state index is 11.1. The van der Waals surface area contributed by atoms with Gasteiger partial charge < -0.3 is 10.4 Å². The first-order chi connectivity index (χ1) is 9.01. The minimum absolute atomic E-state index is 0.631. The number of carboxylic acid groups (broad SMARTS) is 1. The lowest BCUT2D eigenvalue weighted by Gasteiger charge is -2.23. The lowest BCUT2D eigenvalue weighted by atomic mass is 9.95. The lowest BCUT2D eigenvalue weighted by Crippen LogP contribution is -2.47. The van der Waals surface area contributed by atoms with Crippen LogP contribution in [0.3, 0.4) is 0 Å². The fourth-order valence-electron chi connectivity index (χ4n) is 1.42. The Kier molecular flexibility index (Phi) is 7.12. The zero-order valence-corrected chi connectivity index (χ0v) is 13.8. The Balaban J connectivity index is 2.22. The molecule has 0 saturated heterocycles. The second-order valence-corrected chi connectivity index (χ2v) is 7.60. The predicted molar refractivity (Wildman–Crippen MR) is 81.4 cm³/mol. The summed E-state index contributed by atoms with van der Waals surface area (Å²) in [6, 6.07) is 0. The molecule has 1 unspecified atom stereocenters. The van der Waals surface area contributed by atoms with Crippen molar-refractivity contribution >= 4 is 40.8 Å². The first-order valence-electron chi connectivity index (χ1n) is 5.94. The molecule has 0 aliphatic rings. The highest BCUT2D eigenvalue weighted by atomic mass is 32.2. The number of aliphatic carboxylic acids is 1. The van der Waals surface area contributed by atoms with Gasteiger partial charge in [0.05, 0.1) is 0 Å². The van der Waals surface area contributed by atoms with Gasteiger partial charge in [0.2, 0.25) is 0 Å². The van der Waals surface area contributed by atoms with Gasteiger partial charge in [0.25, 0.3) is 0 Å². The molecule has 0 aliphatic carbocycles. The van der Waals surface area contributed by atoms with E-state index in [2.05, 4.69) is 15.5 Å². The summed E-state index contributed by atoms with van der Waals surface area (Å²) < 4.78 is 1.97. The van der Waals surface area contributed by atoms with Crippen LogP contribution in [0.4, 0.5) is 0 Å². The van der Waals surface area contributed by atoms with E-state index in [1.165, 1.54) is 0 Å². The first-order valence-corrected chi connectivity index (χ1v) is 8.97. The number of likely N-dealkylation sites (N-methyl/N-ethyl adjacent to an activating group) is 1. The van der Waals surface area contributed by atoms with E-state index in [-0.39, 0.29) is 0 Å². The second-order valence-electron chi connectivity index (χ2n) is 4.23. The van der Waals surface area contributed by atoms with E-state index in [0.29, 0.717) is 6.42 Å². The maximum atomic E-state index is 11.1. The van der Waals surface area contributed by atoms with Crippen molar-refractivity contribution in [1.29, 1.82) is 0 Å². The van der Waals surface area contributed by atoms with Crippen LogP contribution in [0.1, 0.15) is 26.2 Å². The summed E-state index contributed by atoms with van der Waals surface area (Å²) >= 11 is 4.89. The van der Waals surface area contributed by atoms with Gasteiger partial charge in [0.15, 0.2) is 8.68 Å². The number of rotatable bonds is 9. The monoisotopic (exact) mass is 321 g/mol. The number of nitrogens with one attached hydrogen (secondary N) is 1. The maximum Gasteiger partial charge on any atom is 0.323 e. The van der Waals surface area contributed by atoms with Crippen molar-refractivity contribution in [3.63, 3.8) is 0 Å². The summed E-state index contributed by atoms with van der Waals surface area (Å²) in [6.07, 6.45) is 4.47. The molecule has 0 aromatic carbocycles. The summed E-state index contributed by atoms with van der Waals surface area (Å²) in [5.74, 6) is 0.152. The molecule has 0 fully saturated rings. The molecule has 1 rings (SSSR count). The molecule has 1 atom stereocenters. The van der Waals surface area contributed by atoms with Crippen LogP contribution in [0.25, 0.3) is 0 Å². The molecule has 1 heterocycles. The van der Waals surface area contributed by atoms with Gasteiger partial charge >= 0.3 is 5.97 Å². The Morgan fingerprint density at radius 3 is 2.63 bits per heavy atom. The van der Waals surface area contributed by atoms with E-state index in [1.807, 2.05) is 6.26 Å². The Labute approximate surface area is 126 Å². The van der Waals surface area contributed by atoms with E-state index >= 15 is 0 Å². The van der Waals surface area contributed by atoms with Crippen molar-refractivity contribution in [3.8, 4) is 0 Å². The van der Waals surface area contributed by atoms with Gasteiger partial charge in [0.1, 0.15) is 5.54 Å². The van der Waals surface area contributed by atoms with E-state index < -0.39 is 11.5 Å².